The lowest BCUT2D eigenvalue weighted by molar-refractivity contribution is -0.134. The molecule has 0 amide bonds. The Kier molecular flexibility index (Phi) is 9.28. The van der Waals surface area contributed by atoms with E-state index in [1.165, 1.54) is 64.2 Å². The van der Waals surface area contributed by atoms with Gasteiger partial charge in [0.25, 0.3) is 0 Å². The molecular weight excluding hydrogens is 401 g/mol. The van der Waals surface area contributed by atoms with E-state index in [1.807, 2.05) is 0 Å². The van der Waals surface area contributed by atoms with Gasteiger partial charge in [-0.05, 0) is 55.8 Å². The summed E-state index contributed by atoms with van der Waals surface area (Å²) in [4.78, 5) is 12.0. The molecule has 2 aliphatic carbocycles. The van der Waals surface area contributed by atoms with Crippen LogP contribution in [0.15, 0.2) is 12.1 Å². The molecule has 2 saturated carbocycles. The SMILES string of the molecule is CCCCCC1CCC(C2CCC(CCC(=O)Oc3cc(F)c(F)c(F)c3)CC2)CC1. The van der Waals surface area contributed by atoms with Crippen LogP contribution in [0.4, 0.5) is 13.2 Å². The van der Waals surface area contributed by atoms with Crippen LogP contribution in [0.2, 0.25) is 0 Å². The van der Waals surface area contributed by atoms with Gasteiger partial charge in [0.1, 0.15) is 5.75 Å². The summed E-state index contributed by atoms with van der Waals surface area (Å²) in [5.41, 5.74) is 0. The first-order valence-electron chi connectivity index (χ1n) is 12.3. The Balaban J connectivity index is 1.33. The highest BCUT2D eigenvalue weighted by Crippen LogP contribution is 2.43. The van der Waals surface area contributed by atoms with E-state index in [4.69, 9.17) is 4.74 Å². The number of ether oxygens (including phenoxy) is 1. The predicted molar refractivity (Wildman–Crippen MR) is 116 cm³/mol. The van der Waals surface area contributed by atoms with Crippen LogP contribution >= 0.6 is 0 Å². The summed E-state index contributed by atoms with van der Waals surface area (Å²) in [7, 11) is 0. The van der Waals surface area contributed by atoms with Gasteiger partial charge in [0.15, 0.2) is 17.5 Å². The molecule has 2 nitrogen and oxygen atoms in total. The van der Waals surface area contributed by atoms with Crippen molar-refractivity contribution < 1.29 is 22.7 Å². The third kappa shape index (κ3) is 7.25. The van der Waals surface area contributed by atoms with E-state index >= 15 is 0 Å². The highest BCUT2D eigenvalue weighted by molar-refractivity contribution is 5.72. The summed E-state index contributed by atoms with van der Waals surface area (Å²) in [5.74, 6) is -1.87. The van der Waals surface area contributed by atoms with Gasteiger partial charge in [-0.25, -0.2) is 13.2 Å². The first-order chi connectivity index (χ1) is 15.0. The summed E-state index contributed by atoms with van der Waals surface area (Å²) in [6, 6.07) is 1.42. The number of carbonyl (C=O) groups is 1. The average Bonchev–Trinajstić information content (AvgIpc) is 2.77. The lowest BCUT2D eigenvalue weighted by Gasteiger charge is -2.38. The number of carbonyl (C=O) groups excluding carboxylic acids is 1. The molecule has 0 heterocycles. The fraction of sp³-hybridized carbons (Fsp3) is 0.731. The molecule has 2 aliphatic rings. The number of unbranched alkanes of at least 4 members (excludes halogenated alkanes) is 2. The molecule has 3 rings (SSSR count). The molecule has 5 heteroatoms. The Labute approximate surface area is 184 Å². The number of hydrogen-bond acceptors (Lipinski definition) is 2. The first kappa shape index (κ1) is 24.1. The van der Waals surface area contributed by atoms with Gasteiger partial charge < -0.3 is 4.74 Å². The summed E-state index contributed by atoms with van der Waals surface area (Å²) < 4.78 is 44.5. The Morgan fingerprint density at radius 2 is 1.35 bits per heavy atom. The predicted octanol–water partition coefficient (Wildman–Crippen LogP) is 7.98. The van der Waals surface area contributed by atoms with Crippen LogP contribution < -0.4 is 4.74 Å². The van der Waals surface area contributed by atoms with Gasteiger partial charge in [0, 0.05) is 18.6 Å². The van der Waals surface area contributed by atoms with E-state index in [0.29, 0.717) is 18.1 Å². The van der Waals surface area contributed by atoms with Crippen molar-refractivity contribution in [1.82, 2.24) is 0 Å². The fourth-order valence-corrected chi connectivity index (χ4v) is 5.68. The van der Waals surface area contributed by atoms with E-state index in [0.717, 1.165) is 37.0 Å². The molecule has 0 radical (unpaired) electrons. The Bertz CT molecular complexity index is 682. The molecule has 1 aromatic rings. The summed E-state index contributed by atoms with van der Waals surface area (Å²) in [6.45, 7) is 2.27. The molecule has 0 bridgehead atoms. The standard InChI is InChI=1S/C26H37F3O2/c1-2-3-4-5-18-6-11-20(12-7-18)21-13-8-19(9-14-21)10-15-25(30)31-22-16-23(27)26(29)24(28)17-22/h16-21H,2-15H2,1H3. The minimum Gasteiger partial charge on any atom is -0.426 e. The molecular formula is C26H37F3O2. The quantitative estimate of drug-likeness (QED) is 0.169. The van der Waals surface area contributed by atoms with E-state index in [9.17, 15) is 18.0 Å². The molecule has 1 aromatic carbocycles. The molecule has 174 valence electrons. The third-order valence-corrected chi connectivity index (χ3v) is 7.61. The highest BCUT2D eigenvalue weighted by atomic mass is 19.2. The number of rotatable bonds is 9. The molecule has 31 heavy (non-hydrogen) atoms. The van der Waals surface area contributed by atoms with Crippen LogP contribution in [-0.2, 0) is 4.79 Å². The minimum atomic E-state index is -1.55. The third-order valence-electron chi connectivity index (χ3n) is 7.61. The molecule has 0 spiro atoms. The summed E-state index contributed by atoms with van der Waals surface area (Å²) >= 11 is 0. The van der Waals surface area contributed by atoms with Gasteiger partial charge in [-0.15, -0.1) is 0 Å². The zero-order chi connectivity index (χ0) is 22.2. The van der Waals surface area contributed by atoms with Crippen molar-refractivity contribution in [3.63, 3.8) is 0 Å². The molecule has 2 fully saturated rings. The van der Waals surface area contributed by atoms with Gasteiger partial charge in [0.2, 0.25) is 0 Å². The Morgan fingerprint density at radius 3 is 1.87 bits per heavy atom. The minimum absolute atomic E-state index is 0.221. The molecule has 0 aromatic heterocycles. The maximum atomic E-state index is 13.2. The monoisotopic (exact) mass is 438 g/mol. The fourth-order valence-electron chi connectivity index (χ4n) is 5.68. The van der Waals surface area contributed by atoms with E-state index in [2.05, 4.69) is 6.92 Å². The van der Waals surface area contributed by atoms with Crippen molar-refractivity contribution in [3.8, 4) is 5.75 Å². The normalized spacial score (nSPS) is 26.6. The highest BCUT2D eigenvalue weighted by Gasteiger charge is 2.31. The number of benzene rings is 1. The van der Waals surface area contributed by atoms with Crippen molar-refractivity contribution in [2.24, 2.45) is 23.7 Å². The van der Waals surface area contributed by atoms with Gasteiger partial charge >= 0.3 is 5.97 Å². The van der Waals surface area contributed by atoms with Gasteiger partial charge in [0.05, 0.1) is 0 Å². The molecule has 0 aliphatic heterocycles. The largest absolute Gasteiger partial charge is 0.426 e. The first-order valence-corrected chi connectivity index (χ1v) is 12.3. The van der Waals surface area contributed by atoms with Crippen molar-refractivity contribution in [2.45, 2.75) is 96.8 Å². The zero-order valence-corrected chi connectivity index (χ0v) is 18.8. The van der Waals surface area contributed by atoms with E-state index in [1.54, 1.807) is 0 Å². The van der Waals surface area contributed by atoms with Crippen LogP contribution in [0.25, 0.3) is 0 Å². The van der Waals surface area contributed by atoms with Crippen molar-refractivity contribution in [3.05, 3.63) is 29.6 Å². The van der Waals surface area contributed by atoms with Crippen LogP contribution in [0, 0.1) is 41.1 Å². The lowest BCUT2D eigenvalue weighted by atomic mass is 9.68. The summed E-state index contributed by atoms with van der Waals surface area (Å²) in [5, 5.41) is 0. The number of hydrogen-bond donors (Lipinski definition) is 0. The van der Waals surface area contributed by atoms with Gasteiger partial charge in [-0.1, -0.05) is 58.3 Å². The second-order valence-corrected chi connectivity index (χ2v) is 9.77. The van der Waals surface area contributed by atoms with E-state index in [-0.39, 0.29) is 12.2 Å². The maximum Gasteiger partial charge on any atom is 0.311 e. The Morgan fingerprint density at radius 1 is 0.839 bits per heavy atom. The van der Waals surface area contributed by atoms with Crippen LogP contribution in [-0.4, -0.2) is 5.97 Å². The van der Waals surface area contributed by atoms with Gasteiger partial charge in [-0.3, -0.25) is 4.79 Å². The van der Waals surface area contributed by atoms with Crippen molar-refractivity contribution >= 4 is 5.97 Å². The van der Waals surface area contributed by atoms with Crippen LogP contribution in [0.3, 0.4) is 0 Å². The molecule has 0 N–H and O–H groups in total. The lowest BCUT2D eigenvalue weighted by Crippen LogP contribution is -2.26. The second kappa shape index (κ2) is 11.9. The maximum absolute atomic E-state index is 13.2. The topological polar surface area (TPSA) is 26.3 Å². The number of halogens is 3. The molecule has 0 atom stereocenters. The van der Waals surface area contributed by atoms with Gasteiger partial charge in [-0.2, -0.15) is 0 Å². The molecule has 0 saturated heterocycles. The van der Waals surface area contributed by atoms with Crippen molar-refractivity contribution in [1.29, 1.82) is 0 Å². The number of esters is 1. The van der Waals surface area contributed by atoms with Crippen LogP contribution in [0.5, 0.6) is 5.75 Å². The smallest absolute Gasteiger partial charge is 0.311 e. The second-order valence-electron chi connectivity index (χ2n) is 9.77. The van der Waals surface area contributed by atoms with E-state index < -0.39 is 23.4 Å². The average molecular weight is 439 g/mol. The van der Waals surface area contributed by atoms with Crippen LogP contribution in [0.1, 0.15) is 96.8 Å². The van der Waals surface area contributed by atoms with Crippen molar-refractivity contribution in [2.75, 3.05) is 0 Å². The molecule has 0 unspecified atom stereocenters. The Hall–Kier alpha value is -1.52. The summed E-state index contributed by atoms with van der Waals surface area (Å²) in [6.07, 6.45) is 16.8. The zero-order valence-electron chi connectivity index (χ0n) is 18.8.